The molecule has 1 rings (SSSR count). The van der Waals surface area contributed by atoms with E-state index in [1.165, 1.54) is 18.4 Å². The minimum Gasteiger partial charge on any atom is -0.271 e. The van der Waals surface area contributed by atoms with Crippen LogP contribution in [0.3, 0.4) is 0 Å². The molecule has 2 heteroatoms. The van der Waals surface area contributed by atoms with E-state index in [-0.39, 0.29) is 0 Å². The van der Waals surface area contributed by atoms with Gasteiger partial charge in [0.05, 0.1) is 0 Å². The molecule has 0 amide bonds. The Morgan fingerprint density at radius 2 is 1.73 bits per heavy atom. The van der Waals surface area contributed by atoms with Gasteiger partial charge in [0.15, 0.2) is 0 Å². The second kappa shape index (κ2) is 6.59. The molecule has 0 saturated carbocycles. The molecule has 0 saturated heterocycles. The van der Waals surface area contributed by atoms with Crippen molar-refractivity contribution in [3.8, 4) is 0 Å². The zero-order chi connectivity index (χ0) is 11.1. The summed E-state index contributed by atoms with van der Waals surface area (Å²) in [5.41, 5.74) is 4.31. The molecule has 1 unspecified atom stereocenters. The van der Waals surface area contributed by atoms with Crippen LogP contribution in [0.5, 0.6) is 0 Å². The van der Waals surface area contributed by atoms with E-state index < -0.39 is 0 Å². The smallest absolute Gasteiger partial charge is 0.0278 e. The fraction of sp³-hybridized carbons (Fsp3) is 0.538. The van der Waals surface area contributed by atoms with Crippen LogP contribution in [0.2, 0.25) is 0 Å². The summed E-state index contributed by atoms with van der Waals surface area (Å²) in [6.45, 7) is 4.45. The Hall–Kier alpha value is -0.860. The minimum atomic E-state index is 0.391. The summed E-state index contributed by atoms with van der Waals surface area (Å²) in [7, 11) is 0. The Morgan fingerprint density at radius 3 is 2.20 bits per heavy atom. The van der Waals surface area contributed by atoms with Gasteiger partial charge in [-0.25, -0.2) is 0 Å². The second-order valence-corrected chi connectivity index (χ2v) is 4.04. The SMILES string of the molecule is CCC(CC)C(Cc1ccccc1)NN. The maximum Gasteiger partial charge on any atom is 0.0278 e. The lowest BCUT2D eigenvalue weighted by molar-refractivity contribution is 0.335. The van der Waals surface area contributed by atoms with Crippen molar-refractivity contribution in [2.75, 3.05) is 0 Å². The molecule has 84 valence electrons. The first-order valence-corrected chi connectivity index (χ1v) is 5.81. The molecule has 3 N–H and O–H groups in total. The van der Waals surface area contributed by atoms with Crippen molar-refractivity contribution in [2.24, 2.45) is 11.8 Å². The van der Waals surface area contributed by atoms with E-state index in [1.54, 1.807) is 0 Å². The predicted octanol–water partition coefficient (Wildman–Crippen LogP) is 2.50. The van der Waals surface area contributed by atoms with Crippen molar-refractivity contribution >= 4 is 0 Å². The van der Waals surface area contributed by atoms with Gasteiger partial charge in [-0.1, -0.05) is 57.0 Å². The first kappa shape index (κ1) is 12.2. The van der Waals surface area contributed by atoms with E-state index in [1.807, 2.05) is 6.07 Å². The summed E-state index contributed by atoms with van der Waals surface area (Å²) >= 11 is 0. The average molecular weight is 206 g/mol. The van der Waals surface area contributed by atoms with Gasteiger partial charge in [-0.3, -0.25) is 11.3 Å². The Labute approximate surface area is 92.8 Å². The number of hydrogen-bond acceptors (Lipinski definition) is 2. The molecule has 0 fully saturated rings. The summed E-state index contributed by atoms with van der Waals surface area (Å²) in [5.74, 6) is 6.28. The minimum absolute atomic E-state index is 0.391. The molecular formula is C13H22N2. The van der Waals surface area contributed by atoms with Crippen molar-refractivity contribution in [3.05, 3.63) is 35.9 Å². The molecule has 0 aromatic heterocycles. The third kappa shape index (κ3) is 3.65. The molecule has 15 heavy (non-hydrogen) atoms. The van der Waals surface area contributed by atoms with Crippen LogP contribution in [0.15, 0.2) is 30.3 Å². The van der Waals surface area contributed by atoms with Crippen molar-refractivity contribution in [3.63, 3.8) is 0 Å². The highest BCUT2D eigenvalue weighted by atomic mass is 15.2. The zero-order valence-corrected chi connectivity index (χ0v) is 9.74. The van der Waals surface area contributed by atoms with E-state index in [4.69, 9.17) is 5.84 Å². The van der Waals surface area contributed by atoms with Crippen LogP contribution in [0, 0.1) is 5.92 Å². The van der Waals surface area contributed by atoms with E-state index in [9.17, 15) is 0 Å². The average Bonchev–Trinajstić information content (AvgIpc) is 2.30. The topological polar surface area (TPSA) is 38.0 Å². The van der Waals surface area contributed by atoms with Gasteiger partial charge in [-0.15, -0.1) is 0 Å². The van der Waals surface area contributed by atoms with Crippen molar-refractivity contribution < 1.29 is 0 Å². The number of hydrogen-bond donors (Lipinski definition) is 2. The van der Waals surface area contributed by atoms with Crippen LogP contribution in [0.1, 0.15) is 32.3 Å². The molecule has 0 aliphatic heterocycles. The summed E-state index contributed by atoms with van der Waals surface area (Å²) in [6.07, 6.45) is 3.38. The second-order valence-electron chi connectivity index (χ2n) is 4.04. The Morgan fingerprint density at radius 1 is 1.13 bits per heavy atom. The fourth-order valence-electron chi connectivity index (χ4n) is 2.09. The van der Waals surface area contributed by atoms with Gasteiger partial charge in [0.2, 0.25) is 0 Å². The van der Waals surface area contributed by atoms with Gasteiger partial charge in [-0.2, -0.15) is 0 Å². The van der Waals surface area contributed by atoms with Crippen LogP contribution in [-0.2, 0) is 6.42 Å². The maximum atomic E-state index is 5.62. The van der Waals surface area contributed by atoms with Crippen molar-refractivity contribution in [2.45, 2.75) is 39.2 Å². The lowest BCUT2D eigenvalue weighted by Crippen LogP contribution is -2.42. The van der Waals surface area contributed by atoms with E-state index in [0.29, 0.717) is 12.0 Å². The van der Waals surface area contributed by atoms with Gasteiger partial charge >= 0.3 is 0 Å². The van der Waals surface area contributed by atoms with Crippen LogP contribution in [0.4, 0.5) is 0 Å². The lowest BCUT2D eigenvalue weighted by atomic mass is 9.90. The number of hydrazine groups is 1. The molecule has 1 atom stereocenters. The van der Waals surface area contributed by atoms with Crippen molar-refractivity contribution in [1.82, 2.24) is 5.43 Å². The molecule has 1 aromatic rings. The molecule has 0 aliphatic rings. The lowest BCUT2D eigenvalue weighted by Gasteiger charge is -2.24. The Balaban J connectivity index is 2.61. The molecule has 1 aromatic carbocycles. The highest BCUT2D eigenvalue weighted by molar-refractivity contribution is 5.16. The number of nitrogens with two attached hydrogens (primary N) is 1. The Bertz CT molecular complexity index is 254. The molecular weight excluding hydrogens is 184 g/mol. The molecule has 0 radical (unpaired) electrons. The van der Waals surface area contributed by atoms with Gasteiger partial charge in [0.25, 0.3) is 0 Å². The summed E-state index contributed by atoms with van der Waals surface area (Å²) in [6, 6.07) is 10.9. The van der Waals surface area contributed by atoms with Crippen molar-refractivity contribution in [1.29, 1.82) is 0 Å². The van der Waals surface area contributed by atoms with E-state index in [0.717, 1.165) is 6.42 Å². The number of benzene rings is 1. The zero-order valence-electron chi connectivity index (χ0n) is 9.74. The highest BCUT2D eigenvalue weighted by Gasteiger charge is 2.16. The molecule has 0 aliphatic carbocycles. The largest absolute Gasteiger partial charge is 0.271 e. The highest BCUT2D eigenvalue weighted by Crippen LogP contribution is 2.16. The third-order valence-corrected chi connectivity index (χ3v) is 3.13. The summed E-state index contributed by atoms with van der Waals surface area (Å²) in [4.78, 5) is 0. The standard InChI is InChI=1S/C13H22N2/c1-3-12(4-2)13(15-14)10-11-8-6-5-7-9-11/h5-9,12-13,15H,3-4,10,14H2,1-2H3. The van der Waals surface area contributed by atoms with E-state index in [2.05, 4.69) is 43.5 Å². The van der Waals surface area contributed by atoms with E-state index >= 15 is 0 Å². The third-order valence-electron chi connectivity index (χ3n) is 3.13. The predicted molar refractivity (Wildman–Crippen MR) is 65.3 cm³/mol. The van der Waals surface area contributed by atoms with Crippen LogP contribution >= 0.6 is 0 Å². The molecule has 0 spiro atoms. The van der Waals surface area contributed by atoms with Crippen LogP contribution < -0.4 is 11.3 Å². The molecule has 2 nitrogen and oxygen atoms in total. The number of nitrogens with one attached hydrogen (secondary N) is 1. The molecule has 0 bridgehead atoms. The fourth-order valence-corrected chi connectivity index (χ4v) is 2.09. The van der Waals surface area contributed by atoms with Gasteiger partial charge in [0, 0.05) is 6.04 Å². The maximum absolute atomic E-state index is 5.62. The molecule has 0 heterocycles. The van der Waals surface area contributed by atoms with Crippen LogP contribution in [-0.4, -0.2) is 6.04 Å². The Kier molecular flexibility index (Phi) is 5.37. The van der Waals surface area contributed by atoms with Gasteiger partial charge in [-0.05, 0) is 17.9 Å². The first-order chi connectivity index (χ1) is 7.31. The summed E-state index contributed by atoms with van der Waals surface area (Å²) in [5, 5.41) is 0. The van der Waals surface area contributed by atoms with Crippen LogP contribution in [0.25, 0.3) is 0 Å². The first-order valence-electron chi connectivity index (χ1n) is 5.81. The quantitative estimate of drug-likeness (QED) is 0.554. The summed E-state index contributed by atoms with van der Waals surface area (Å²) < 4.78 is 0. The van der Waals surface area contributed by atoms with Gasteiger partial charge in [0.1, 0.15) is 0 Å². The monoisotopic (exact) mass is 206 g/mol. The van der Waals surface area contributed by atoms with Gasteiger partial charge < -0.3 is 0 Å². The normalized spacial score (nSPS) is 13.1. The number of rotatable bonds is 6.